The van der Waals surface area contributed by atoms with Gasteiger partial charge in [-0.15, -0.1) is 0 Å². The van der Waals surface area contributed by atoms with Gasteiger partial charge in [-0.25, -0.2) is 0 Å². The van der Waals surface area contributed by atoms with Gasteiger partial charge in [0.2, 0.25) is 0 Å². The van der Waals surface area contributed by atoms with Crippen molar-refractivity contribution in [1.82, 2.24) is 0 Å². The number of aldehydes is 1. The van der Waals surface area contributed by atoms with Crippen LogP contribution in [0.15, 0.2) is 16.6 Å². The van der Waals surface area contributed by atoms with E-state index in [0.29, 0.717) is 0 Å². The van der Waals surface area contributed by atoms with Crippen LogP contribution in [0.1, 0.15) is 13.3 Å². The number of carbonyl (C=O) groups is 1. The van der Waals surface area contributed by atoms with Crippen LogP contribution in [-0.2, 0) is 4.79 Å². The van der Waals surface area contributed by atoms with Gasteiger partial charge < -0.3 is 0 Å². The summed E-state index contributed by atoms with van der Waals surface area (Å²) in [5, 5.41) is 0. The average molecular weight is 123 g/mol. The fourth-order valence-electron chi connectivity index (χ4n) is 0.835. The van der Waals surface area contributed by atoms with Crippen LogP contribution in [0.2, 0.25) is 0 Å². The van der Waals surface area contributed by atoms with Gasteiger partial charge in [-0.05, 0) is 25.0 Å². The van der Waals surface area contributed by atoms with Gasteiger partial charge in [0.1, 0.15) is 6.29 Å². The Labute approximate surface area is 54.3 Å². The molecule has 0 aliphatic carbocycles. The fourth-order valence-corrected chi connectivity index (χ4v) is 0.835. The van der Waals surface area contributed by atoms with Crippen LogP contribution >= 0.6 is 0 Å². The number of nitrogens with zero attached hydrogens (tertiary/aromatic N) is 1. The van der Waals surface area contributed by atoms with Gasteiger partial charge in [0.25, 0.3) is 0 Å². The highest BCUT2D eigenvalue weighted by Crippen LogP contribution is 2.08. The Bertz CT molecular complexity index is 170. The zero-order valence-corrected chi connectivity index (χ0v) is 5.37. The number of allylic oxidation sites excluding steroid dienone is 1. The summed E-state index contributed by atoms with van der Waals surface area (Å²) < 4.78 is 0. The number of aliphatic imine (C=N–C) groups is 1. The molecule has 48 valence electrons. The molecule has 0 spiro atoms. The highest BCUT2D eigenvalue weighted by molar-refractivity contribution is 5.85. The van der Waals surface area contributed by atoms with Crippen LogP contribution in [0.3, 0.4) is 0 Å². The van der Waals surface area contributed by atoms with Crippen molar-refractivity contribution < 1.29 is 4.79 Å². The van der Waals surface area contributed by atoms with Gasteiger partial charge in [-0.1, -0.05) is 0 Å². The molecule has 1 rings (SSSR count). The zero-order valence-electron chi connectivity index (χ0n) is 5.37. The van der Waals surface area contributed by atoms with Gasteiger partial charge >= 0.3 is 0 Å². The maximum atomic E-state index is 10.2. The summed E-state index contributed by atoms with van der Waals surface area (Å²) in [6, 6.07) is 0.287. The molecule has 1 atom stereocenters. The molecule has 1 heterocycles. The summed E-state index contributed by atoms with van der Waals surface area (Å²) in [7, 11) is 0. The first-order chi connectivity index (χ1) is 4.33. The Balaban J connectivity index is 2.65. The van der Waals surface area contributed by atoms with E-state index in [1.54, 1.807) is 12.3 Å². The second kappa shape index (κ2) is 2.58. The number of carbonyl (C=O) groups excluding carboxylic acids is 1. The van der Waals surface area contributed by atoms with Crippen molar-refractivity contribution in [2.45, 2.75) is 19.4 Å². The van der Waals surface area contributed by atoms with Crippen LogP contribution < -0.4 is 0 Å². The van der Waals surface area contributed by atoms with Crippen molar-refractivity contribution in [2.24, 2.45) is 4.99 Å². The Kier molecular flexibility index (Phi) is 1.78. The Morgan fingerprint density at radius 1 is 1.89 bits per heavy atom. The van der Waals surface area contributed by atoms with Gasteiger partial charge in [0.15, 0.2) is 0 Å². The lowest BCUT2D eigenvalue weighted by Crippen LogP contribution is -2.05. The summed E-state index contributed by atoms with van der Waals surface area (Å²) in [4.78, 5) is 14.2. The lowest BCUT2D eigenvalue weighted by atomic mass is 10.1. The van der Waals surface area contributed by atoms with Crippen LogP contribution in [-0.4, -0.2) is 18.5 Å². The molecule has 1 aliphatic heterocycles. The molecule has 0 amide bonds. The predicted molar refractivity (Wildman–Crippen MR) is 36.7 cm³/mol. The van der Waals surface area contributed by atoms with Crippen LogP contribution in [0.4, 0.5) is 0 Å². The molecule has 0 fully saturated rings. The van der Waals surface area contributed by atoms with E-state index in [-0.39, 0.29) is 6.04 Å². The molecule has 2 heteroatoms. The van der Waals surface area contributed by atoms with Crippen molar-refractivity contribution in [3.8, 4) is 0 Å². The Hall–Kier alpha value is -0.920. The van der Waals surface area contributed by atoms with Gasteiger partial charge in [-0.2, -0.15) is 0 Å². The lowest BCUT2D eigenvalue weighted by Gasteiger charge is -2.07. The number of hydrogen-bond acceptors (Lipinski definition) is 2. The van der Waals surface area contributed by atoms with Gasteiger partial charge in [0, 0.05) is 6.21 Å². The van der Waals surface area contributed by atoms with Gasteiger partial charge in [0.05, 0.1) is 6.04 Å². The van der Waals surface area contributed by atoms with E-state index < -0.39 is 0 Å². The molecule has 0 aromatic heterocycles. The van der Waals surface area contributed by atoms with E-state index in [0.717, 1.165) is 18.3 Å². The number of dihydropyridines is 1. The van der Waals surface area contributed by atoms with E-state index >= 15 is 0 Å². The molecule has 2 nitrogen and oxygen atoms in total. The lowest BCUT2D eigenvalue weighted by molar-refractivity contribution is -0.105. The van der Waals surface area contributed by atoms with Crippen molar-refractivity contribution in [2.75, 3.05) is 0 Å². The third kappa shape index (κ3) is 1.49. The van der Waals surface area contributed by atoms with Gasteiger partial charge in [-0.3, -0.25) is 9.79 Å². The normalized spacial score (nSPS) is 25.4. The molecular weight excluding hydrogens is 114 g/mol. The fraction of sp³-hybridized carbons (Fsp3) is 0.429. The first kappa shape index (κ1) is 6.20. The largest absolute Gasteiger partial charge is 0.298 e. The monoisotopic (exact) mass is 123 g/mol. The Morgan fingerprint density at radius 2 is 2.67 bits per heavy atom. The summed E-state index contributed by atoms with van der Waals surface area (Å²) in [6.07, 6.45) is 5.13. The number of hydrogen-bond donors (Lipinski definition) is 0. The summed E-state index contributed by atoms with van der Waals surface area (Å²) >= 11 is 0. The molecule has 9 heavy (non-hydrogen) atoms. The number of rotatable bonds is 1. The highest BCUT2D eigenvalue weighted by Gasteiger charge is 2.04. The van der Waals surface area contributed by atoms with E-state index in [4.69, 9.17) is 0 Å². The van der Waals surface area contributed by atoms with E-state index in [9.17, 15) is 4.79 Å². The van der Waals surface area contributed by atoms with E-state index in [2.05, 4.69) is 4.99 Å². The highest BCUT2D eigenvalue weighted by atomic mass is 16.1. The second-order valence-corrected chi connectivity index (χ2v) is 2.21. The smallest absolute Gasteiger partial charge is 0.146 e. The maximum absolute atomic E-state index is 10.2. The molecule has 0 N–H and O–H groups in total. The molecule has 0 saturated heterocycles. The molecule has 0 radical (unpaired) electrons. The molecule has 1 unspecified atom stereocenters. The molecule has 0 bridgehead atoms. The minimum Gasteiger partial charge on any atom is -0.298 e. The Morgan fingerprint density at radius 3 is 3.11 bits per heavy atom. The SMILES string of the molecule is CC1CC(C=O)=CC=N1. The molecule has 0 aromatic rings. The summed E-state index contributed by atoms with van der Waals surface area (Å²) in [6.45, 7) is 1.99. The summed E-state index contributed by atoms with van der Waals surface area (Å²) in [5.41, 5.74) is 0.845. The molecular formula is C7H9NO. The average Bonchev–Trinajstić information content (AvgIpc) is 1.88. The third-order valence-corrected chi connectivity index (χ3v) is 1.31. The standard InChI is InChI=1S/C7H9NO/c1-6-4-7(5-9)2-3-8-6/h2-3,5-6H,4H2,1H3. The van der Waals surface area contributed by atoms with Crippen LogP contribution in [0.5, 0.6) is 0 Å². The van der Waals surface area contributed by atoms with Crippen LogP contribution in [0.25, 0.3) is 0 Å². The van der Waals surface area contributed by atoms with Crippen molar-refractivity contribution >= 4 is 12.5 Å². The van der Waals surface area contributed by atoms with Crippen molar-refractivity contribution in [3.63, 3.8) is 0 Å². The topological polar surface area (TPSA) is 29.4 Å². The molecule has 1 aliphatic rings. The van der Waals surface area contributed by atoms with E-state index in [1.807, 2.05) is 6.92 Å². The second-order valence-electron chi connectivity index (χ2n) is 2.21. The zero-order chi connectivity index (χ0) is 6.69. The predicted octanol–water partition coefficient (Wildman–Crippen LogP) is 0.975. The molecule has 0 saturated carbocycles. The third-order valence-electron chi connectivity index (χ3n) is 1.31. The first-order valence-electron chi connectivity index (χ1n) is 3.00. The first-order valence-corrected chi connectivity index (χ1v) is 3.00. The quantitative estimate of drug-likeness (QED) is 0.478. The van der Waals surface area contributed by atoms with Crippen LogP contribution in [0, 0.1) is 0 Å². The molecule has 0 aromatic carbocycles. The maximum Gasteiger partial charge on any atom is 0.146 e. The van der Waals surface area contributed by atoms with Crippen molar-refractivity contribution in [1.29, 1.82) is 0 Å². The minimum atomic E-state index is 0.287. The van der Waals surface area contributed by atoms with Crippen molar-refractivity contribution in [3.05, 3.63) is 11.6 Å². The summed E-state index contributed by atoms with van der Waals surface area (Å²) in [5.74, 6) is 0. The minimum absolute atomic E-state index is 0.287. The van der Waals surface area contributed by atoms with E-state index in [1.165, 1.54) is 0 Å².